The van der Waals surface area contributed by atoms with Gasteiger partial charge >= 0.3 is 0 Å². The van der Waals surface area contributed by atoms with Gasteiger partial charge in [-0.15, -0.1) is 0 Å². The van der Waals surface area contributed by atoms with Gasteiger partial charge in [0.15, 0.2) is 0 Å². The summed E-state index contributed by atoms with van der Waals surface area (Å²) in [6, 6.07) is 16.6. The van der Waals surface area contributed by atoms with Crippen LogP contribution in [0.3, 0.4) is 0 Å². The molecule has 0 saturated heterocycles. The number of phenols is 1. The van der Waals surface area contributed by atoms with E-state index in [1.54, 1.807) is 54.9 Å². The van der Waals surface area contributed by atoms with E-state index >= 15 is 0 Å². The maximum absolute atomic E-state index is 14.0. The molecular weight excluding hydrogens is 481 g/mol. The number of fused-ring (bicyclic) bond motifs is 1. The van der Waals surface area contributed by atoms with Gasteiger partial charge in [-0.25, -0.2) is 17.5 Å². The Morgan fingerprint density at radius 2 is 1.86 bits per heavy atom. The molecule has 0 atom stereocenters. The van der Waals surface area contributed by atoms with Crippen LogP contribution in [0.25, 0.3) is 21.9 Å². The number of methoxy groups -OCH3 is 1. The molecule has 3 aromatic carbocycles. The van der Waals surface area contributed by atoms with Crippen LogP contribution in [0.15, 0.2) is 78.0 Å². The standard InChI is InChI=1S/C27H28FN3O4S/c1-35-24-8-7-19(26(28)17-24)5-3-10-29-12-13-31-36(33,34)27-16-21(20-4-2-6-23(32)15-20)14-22-18-30-11-9-25(22)27/h2,4,6-9,11,14-18,29,31-32H,3,5,10,12-13H2,1H3. The number of aromatic hydroxyl groups is 1. The number of nitrogens with zero attached hydrogens (tertiary/aromatic N) is 1. The molecule has 4 aromatic rings. The zero-order valence-corrected chi connectivity index (χ0v) is 20.7. The van der Waals surface area contributed by atoms with Crippen molar-refractivity contribution in [1.29, 1.82) is 0 Å². The number of sulfonamides is 1. The third-order valence-electron chi connectivity index (χ3n) is 5.84. The Bertz CT molecular complexity index is 1460. The molecule has 1 aromatic heterocycles. The van der Waals surface area contributed by atoms with Gasteiger partial charge in [0, 0.05) is 42.3 Å². The van der Waals surface area contributed by atoms with Gasteiger partial charge in [-0.3, -0.25) is 4.98 Å². The van der Waals surface area contributed by atoms with Gasteiger partial charge < -0.3 is 15.2 Å². The summed E-state index contributed by atoms with van der Waals surface area (Å²) in [7, 11) is -2.32. The summed E-state index contributed by atoms with van der Waals surface area (Å²) in [5, 5.41) is 14.3. The summed E-state index contributed by atoms with van der Waals surface area (Å²) in [5.41, 5.74) is 1.98. The van der Waals surface area contributed by atoms with E-state index in [4.69, 9.17) is 4.74 Å². The lowest BCUT2D eigenvalue weighted by molar-refractivity contribution is 0.410. The van der Waals surface area contributed by atoms with Crippen molar-refractivity contribution in [3.63, 3.8) is 0 Å². The van der Waals surface area contributed by atoms with E-state index in [1.165, 1.54) is 13.2 Å². The van der Waals surface area contributed by atoms with Gasteiger partial charge in [-0.2, -0.15) is 0 Å². The van der Waals surface area contributed by atoms with Crippen molar-refractivity contribution in [1.82, 2.24) is 15.0 Å². The number of aromatic nitrogens is 1. The molecule has 0 aliphatic rings. The van der Waals surface area contributed by atoms with E-state index in [9.17, 15) is 17.9 Å². The van der Waals surface area contributed by atoms with E-state index in [0.717, 1.165) is 0 Å². The Balaban J connectivity index is 1.37. The second-order valence-electron chi connectivity index (χ2n) is 8.33. The molecule has 0 unspecified atom stereocenters. The van der Waals surface area contributed by atoms with Crippen LogP contribution in [0.4, 0.5) is 4.39 Å². The second kappa shape index (κ2) is 11.5. The van der Waals surface area contributed by atoms with Crippen molar-refractivity contribution < 1.29 is 22.7 Å². The average molecular weight is 510 g/mol. The molecule has 0 fully saturated rings. The van der Waals surface area contributed by atoms with E-state index in [1.807, 2.05) is 12.1 Å². The fourth-order valence-corrected chi connectivity index (χ4v) is 5.27. The molecule has 4 rings (SSSR count). The minimum Gasteiger partial charge on any atom is -0.508 e. The van der Waals surface area contributed by atoms with Crippen LogP contribution in [0.5, 0.6) is 11.5 Å². The lowest BCUT2D eigenvalue weighted by Crippen LogP contribution is -2.32. The second-order valence-corrected chi connectivity index (χ2v) is 10.1. The third kappa shape index (κ3) is 6.17. The molecule has 0 radical (unpaired) electrons. The number of pyridine rings is 1. The number of ether oxygens (including phenoxy) is 1. The molecule has 7 nitrogen and oxygen atoms in total. The van der Waals surface area contributed by atoms with Gasteiger partial charge in [-0.1, -0.05) is 18.2 Å². The first kappa shape index (κ1) is 25.6. The lowest BCUT2D eigenvalue weighted by atomic mass is 10.0. The molecule has 0 saturated carbocycles. The lowest BCUT2D eigenvalue weighted by Gasteiger charge is -2.13. The molecule has 3 N–H and O–H groups in total. The van der Waals surface area contributed by atoms with Crippen molar-refractivity contribution in [2.45, 2.75) is 17.7 Å². The van der Waals surface area contributed by atoms with Crippen LogP contribution in [0, 0.1) is 5.82 Å². The Morgan fingerprint density at radius 3 is 2.64 bits per heavy atom. The van der Waals surface area contributed by atoms with Gasteiger partial charge in [0.1, 0.15) is 17.3 Å². The Hall–Kier alpha value is -3.53. The Morgan fingerprint density at radius 1 is 1.00 bits per heavy atom. The number of benzene rings is 3. The minimum absolute atomic E-state index is 0.0992. The largest absolute Gasteiger partial charge is 0.508 e. The van der Waals surface area contributed by atoms with E-state index in [-0.39, 0.29) is 23.0 Å². The fraction of sp³-hybridized carbons (Fsp3) is 0.222. The van der Waals surface area contributed by atoms with Crippen molar-refractivity contribution in [2.75, 3.05) is 26.7 Å². The summed E-state index contributed by atoms with van der Waals surface area (Å²) < 4.78 is 48.1. The highest BCUT2D eigenvalue weighted by atomic mass is 32.2. The summed E-state index contributed by atoms with van der Waals surface area (Å²) in [4.78, 5) is 4.27. The van der Waals surface area contributed by atoms with Crippen LogP contribution in [-0.4, -0.2) is 45.3 Å². The van der Waals surface area contributed by atoms with Crippen LogP contribution in [0.1, 0.15) is 12.0 Å². The highest BCUT2D eigenvalue weighted by Crippen LogP contribution is 2.31. The average Bonchev–Trinajstić information content (AvgIpc) is 2.88. The van der Waals surface area contributed by atoms with Crippen molar-refractivity contribution in [3.05, 3.63) is 84.4 Å². The first-order valence-electron chi connectivity index (χ1n) is 11.6. The highest BCUT2D eigenvalue weighted by Gasteiger charge is 2.19. The molecule has 1 heterocycles. The summed E-state index contributed by atoms with van der Waals surface area (Å²) in [6.07, 6.45) is 4.45. The van der Waals surface area contributed by atoms with E-state index < -0.39 is 10.0 Å². The maximum atomic E-state index is 14.0. The third-order valence-corrected chi connectivity index (χ3v) is 7.34. The predicted octanol–water partition coefficient (Wildman–Crippen LogP) is 4.26. The molecule has 188 valence electrons. The first-order valence-corrected chi connectivity index (χ1v) is 13.1. The molecule has 9 heteroatoms. The minimum atomic E-state index is -3.82. The summed E-state index contributed by atoms with van der Waals surface area (Å²) in [5.74, 6) is 0.290. The number of hydrogen-bond acceptors (Lipinski definition) is 6. The van der Waals surface area contributed by atoms with Crippen molar-refractivity contribution >= 4 is 20.8 Å². The SMILES string of the molecule is COc1ccc(CCCNCCNS(=O)(=O)c2cc(-c3cccc(O)c3)cc3cnccc23)c(F)c1. The highest BCUT2D eigenvalue weighted by molar-refractivity contribution is 7.89. The van der Waals surface area contributed by atoms with Crippen LogP contribution < -0.4 is 14.8 Å². The smallest absolute Gasteiger partial charge is 0.241 e. The summed E-state index contributed by atoms with van der Waals surface area (Å²) >= 11 is 0. The predicted molar refractivity (Wildman–Crippen MR) is 138 cm³/mol. The maximum Gasteiger partial charge on any atom is 0.241 e. The molecule has 0 aliphatic carbocycles. The number of hydrogen-bond donors (Lipinski definition) is 3. The molecule has 0 amide bonds. The summed E-state index contributed by atoms with van der Waals surface area (Å²) in [6.45, 7) is 1.24. The van der Waals surface area contributed by atoms with Gasteiger partial charge in [0.25, 0.3) is 0 Å². The number of halogens is 1. The normalized spacial score (nSPS) is 11.6. The fourth-order valence-electron chi connectivity index (χ4n) is 3.99. The quantitative estimate of drug-likeness (QED) is 0.261. The number of aryl methyl sites for hydroxylation is 1. The first-order chi connectivity index (χ1) is 17.4. The molecule has 0 aliphatic heterocycles. The number of phenolic OH excluding ortho intramolecular Hbond substituents is 1. The van der Waals surface area contributed by atoms with Crippen molar-refractivity contribution in [3.8, 4) is 22.6 Å². The van der Waals surface area contributed by atoms with Crippen LogP contribution in [-0.2, 0) is 16.4 Å². The monoisotopic (exact) mass is 509 g/mol. The van der Waals surface area contributed by atoms with Gasteiger partial charge in [-0.05, 0) is 72.5 Å². The van der Waals surface area contributed by atoms with Crippen LogP contribution >= 0.6 is 0 Å². The molecule has 0 spiro atoms. The Kier molecular flexibility index (Phi) is 8.14. The topological polar surface area (TPSA) is 101 Å². The van der Waals surface area contributed by atoms with E-state index in [0.29, 0.717) is 59.1 Å². The van der Waals surface area contributed by atoms with Gasteiger partial charge in [0.05, 0.1) is 12.0 Å². The Labute approximate surface area is 210 Å². The molecule has 36 heavy (non-hydrogen) atoms. The zero-order valence-electron chi connectivity index (χ0n) is 19.9. The van der Waals surface area contributed by atoms with E-state index in [2.05, 4.69) is 15.0 Å². The van der Waals surface area contributed by atoms with Crippen molar-refractivity contribution in [2.24, 2.45) is 0 Å². The molecular formula is C27H28FN3O4S. The zero-order chi connectivity index (χ0) is 25.5. The number of rotatable bonds is 11. The molecule has 0 bridgehead atoms. The van der Waals surface area contributed by atoms with Crippen LogP contribution in [0.2, 0.25) is 0 Å². The van der Waals surface area contributed by atoms with Gasteiger partial charge in [0.2, 0.25) is 10.0 Å². The number of nitrogens with one attached hydrogen (secondary N) is 2.